The van der Waals surface area contributed by atoms with Gasteiger partial charge in [-0.2, -0.15) is 5.10 Å². The van der Waals surface area contributed by atoms with Gasteiger partial charge in [-0.25, -0.2) is 8.42 Å². The van der Waals surface area contributed by atoms with Crippen molar-refractivity contribution in [3.05, 3.63) is 40.1 Å². The van der Waals surface area contributed by atoms with E-state index in [-0.39, 0.29) is 4.90 Å². The van der Waals surface area contributed by atoms with Gasteiger partial charge in [0.1, 0.15) is 4.90 Å². The fourth-order valence-electron chi connectivity index (χ4n) is 2.13. The first kappa shape index (κ1) is 16.0. The predicted molar refractivity (Wildman–Crippen MR) is 85.7 cm³/mol. The zero-order valence-electron chi connectivity index (χ0n) is 11.8. The highest BCUT2D eigenvalue weighted by molar-refractivity contribution is 9.10. The van der Waals surface area contributed by atoms with Crippen molar-refractivity contribution in [2.45, 2.75) is 25.3 Å². The highest BCUT2D eigenvalue weighted by Crippen LogP contribution is 2.23. The lowest BCUT2D eigenvalue weighted by molar-refractivity contribution is 0.593. The lowest BCUT2D eigenvalue weighted by atomic mass is 10.3. The zero-order valence-corrected chi connectivity index (χ0v) is 14.2. The van der Waals surface area contributed by atoms with Crippen LogP contribution in [0.4, 0.5) is 5.69 Å². The van der Waals surface area contributed by atoms with Gasteiger partial charge in [0, 0.05) is 16.7 Å². The molecule has 0 bridgehead atoms. The summed E-state index contributed by atoms with van der Waals surface area (Å²) < 4.78 is 30.1. The highest BCUT2D eigenvalue weighted by atomic mass is 79.9. The number of aromatic nitrogens is 2. The Balaban J connectivity index is 2.38. The number of benzene rings is 1. The van der Waals surface area contributed by atoms with E-state index in [0.717, 1.165) is 4.47 Å². The number of rotatable bonds is 5. The van der Waals surface area contributed by atoms with Gasteiger partial charge in [-0.3, -0.25) is 9.40 Å². The summed E-state index contributed by atoms with van der Waals surface area (Å²) in [6, 6.07) is 6.93. The van der Waals surface area contributed by atoms with Crippen LogP contribution in [0.3, 0.4) is 0 Å². The average molecular weight is 373 g/mol. The van der Waals surface area contributed by atoms with Gasteiger partial charge < -0.3 is 5.73 Å². The molecule has 0 radical (unpaired) electrons. The summed E-state index contributed by atoms with van der Waals surface area (Å²) in [4.78, 5) is 0.207. The standard InChI is InChI=1S/C13H17BrN4O2S/c1-9-13(10(2)18(16-9)8-7-15)21(19,20)17-12-5-3-11(14)4-6-12/h3-6,17H,7-8,15H2,1-2H3. The molecule has 0 saturated carbocycles. The molecule has 0 atom stereocenters. The van der Waals surface area contributed by atoms with Crippen LogP contribution in [-0.4, -0.2) is 24.7 Å². The van der Waals surface area contributed by atoms with Crippen molar-refractivity contribution in [2.24, 2.45) is 5.73 Å². The van der Waals surface area contributed by atoms with Crippen LogP contribution < -0.4 is 10.5 Å². The molecule has 6 nitrogen and oxygen atoms in total. The van der Waals surface area contributed by atoms with Crippen LogP contribution in [0.5, 0.6) is 0 Å². The molecule has 8 heteroatoms. The minimum absolute atomic E-state index is 0.207. The summed E-state index contributed by atoms with van der Waals surface area (Å²) in [6.07, 6.45) is 0. The number of aryl methyl sites for hydroxylation is 1. The van der Waals surface area contributed by atoms with E-state index in [1.807, 2.05) is 0 Å². The van der Waals surface area contributed by atoms with E-state index < -0.39 is 10.0 Å². The molecular weight excluding hydrogens is 356 g/mol. The maximum Gasteiger partial charge on any atom is 0.265 e. The van der Waals surface area contributed by atoms with Crippen molar-refractivity contribution in [1.82, 2.24) is 9.78 Å². The molecule has 0 spiro atoms. The van der Waals surface area contributed by atoms with Crippen molar-refractivity contribution < 1.29 is 8.42 Å². The largest absolute Gasteiger partial charge is 0.329 e. The van der Waals surface area contributed by atoms with Crippen LogP contribution in [0.25, 0.3) is 0 Å². The van der Waals surface area contributed by atoms with Gasteiger partial charge in [-0.15, -0.1) is 0 Å². The third-order valence-electron chi connectivity index (χ3n) is 3.02. The lowest BCUT2D eigenvalue weighted by Crippen LogP contribution is -2.16. The molecule has 1 aromatic heterocycles. The predicted octanol–water partition coefficient (Wildman–Crippen LogP) is 2.02. The summed E-state index contributed by atoms with van der Waals surface area (Å²) in [5.74, 6) is 0. The van der Waals surface area contributed by atoms with Crippen molar-refractivity contribution in [3.8, 4) is 0 Å². The molecule has 1 aromatic carbocycles. The van der Waals surface area contributed by atoms with Gasteiger partial charge in [-0.05, 0) is 38.1 Å². The fraction of sp³-hybridized carbons (Fsp3) is 0.308. The number of nitrogens with zero attached hydrogens (tertiary/aromatic N) is 2. The van der Waals surface area contributed by atoms with E-state index in [1.54, 1.807) is 42.8 Å². The Kier molecular flexibility index (Phi) is 4.70. The maximum atomic E-state index is 12.5. The van der Waals surface area contributed by atoms with Gasteiger partial charge >= 0.3 is 0 Å². The number of nitrogens with two attached hydrogens (primary N) is 1. The first-order chi connectivity index (χ1) is 9.85. The van der Waals surface area contributed by atoms with Crippen LogP contribution >= 0.6 is 15.9 Å². The summed E-state index contributed by atoms with van der Waals surface area (Å²) in [6.45, 7) is 4.30. The molecule has 114 valence electrons. The molecule has 2 aromatic rings. The van der Waals surface area contributed by atoms with E-state index in [1.165, 1.54) is 0 Å². The summed E-state index contributed by atoms with van der Waals surface area (Å²) in [7, 11) is -3.67. The van der Waals surface area contributed by atoms with Gasteiger partial charge in [0.05, 0.1) is 17.9 Å². The molecule has 0 unspecified atom stereocenters. The Morgan fingerprint density at radius 2 is 1.90 bits per heavy atom. The van der Waals surface area contributed by atoms with Crippen LogP contribution in [0.2, 0.25) is 0 Å². The minimum atomic E-state index is -3.67. The third kappa shape index (κ3) is 3.45. The number of sulfonamides is 1. The first-order valence-electron chi connectivity index (χ1n) is 6.37. The summed E-state index contributed by atoms with van der Waals surface area (Å²) in [5, 5.41) is 4.23. The van der Waals surface area contributed by atoms with Crippen molar-refractivity contribution in [1.29, 1.82) is 0 Å². The van der Waals surface area contributed by atoms with E-state index in [4.69, 9.17) is 5.73 Å². The second-order valence-electron chi connectivity index (χ2n) is 4.62. The number of halogens is 1. The van der Waals surface area contributed by atoms with Crippen molar-refractivity contribution in [2.75, 3.05) is 11.3 Å². The molecule has 0 fully saturated rings. The molecule has 0 aliphatic heterocycles. The third-order valence-corrected chi connectivity index (χ3v) is 5.18. The number of hydrogen-bond acceptors (Lipinski definition) is 4. The molecule has 0 aliphatic rings. The SMILES string of the molecule is Cc1nn(CCN)c(C)c1S(=O)(=O)Nc1ccc(Br)cc1. The Labute approximate surface area is 132 Å². The zero-order chi connectivity index (χ0) is 15.6. The molecule has 0 saturated heterocycles. The Morgan fingerprint density at radius 3 is 2.48 bits per heavy atom. The topological polar surface area (TPSA) is 90.0 Å². The number of nitrogens with one attached hydrogen (secondary N) is 1. The van der Waals surface area contributed by atoms with E-state index in [2.05, 4.69) is 25.8 Å². The van der Waals surface area contributed by atoms with E-state index in [9.17, 15) is 8.42 Å². The molecule has 0 aliphatic carbocycles. The second-order valence-corrected chi connectivity index (χ2v) is 7.16. The van der Waals surface area contributed by atoms with Gasteiger partial charge in [0.2, 0.25) is 0 Å². The van der Waals surface area contributed by atoms with E-state index >= 15 is 0 Å². The van der Waals surface area contributed by atoms with Gasteiger partial charge in [0.15, 0.2) is 0 Å². The fourth-order valence-corrected chi connectivity index (χ4v) is 3.87. The monoisotopic (exact) mass is 372 g/mol. The van der Waals surface area contributed by atoms with Crippen LogP contribution in [0.15, 0.2) is 33.6 Å². The normalized spacial score (nSPS) is 11.6. The maximum absolute atomic E-state index is 12.5. The molecule has 3 N–H and O–H groups in total. The number of hydrogen-bond donors (Lipinski definition) is 2. The molecule has 21 heavy (non-hydrogen) atoms. The smallest absolute Gasteiger partial charge is 0.265 e. The Bertz CT molecular complexity index is 738. The van der Waals surface area contributed by atoms with Crippen LogP contribution in [0.1, 0.15) is 11.4 Å². The Hall–Kier alpha value is -1.38. The highest BCUT2D eigenvalue weighted by Gasteiger charge is 2.24. The average Bonchev–Trinajstić information content (AvgIpc) is 2.68. The summed E-state index contributed by atoms with van der Waals surface area (Å²) in [5.41, 5.74) is 7.06. The molecule has 1 heterocycles. The first-order valence-corrected chi connectivity index (χ1v) is 8.65. The van der Waals surface area contributed by atoms with E-state index in [0.29, 0.717) is 30.2 Å². The quantitative estimate of drug-likeness (QED) is 0.839. The van der Waals surface area contributed by atoms with Gasteiger partial charge in [-0.1, -0.05) is 15.9 Å². The number of anilines is 1. The van der Waals surface area contributed by atoms with Crippen molar-refractivity contribution >= 4 is 31.6 Å². The van der Waals surface area contributed by atoms with Crippen LogP contribution in [-0.2, 0) is 16.6 Å². The molecular formula is C13H17BrN4O2S. The lowest BCUT2D eigenvalue weighted by Gasteiger charge is -2.09. The molecule has 0 amide bonds. The second kappa shape index (κ2) is 6.17. The minimum Gasteiger partial charge on any atom is -0.329 e. The molecule has 2 rings (SSSR count). The summed E-state index contributed by atoms with van der Waals surface area (Å²) >= 11 is 3.31. The Morgan fingerprint density at radius 1 is 1.29 bits per heavy atom. The van der Waals surface area contributed by atoms with Gasteiger partial charge in [0.25, 0.3) is 10.0 Å². The van der Waals surface area contributed by atoms with Crippen LogP contribution in [0, 0.1) is 13.8 Å². The van der Waals surface area contributed by atoms with Crippen molar-refractivity contribution in [3.63, 3.8) is 0 Å².